The Morgan fingerprint density at radius 3 is 1.70 bits per heavy atom. The minimum absolute atomic E-state index is 0.510. The fourth-order valence-electron chi connectivity index (χ4n) is 1.97. The molecule has 0 unspecified atom stereocenters. The van der Waals surface area contributed by atoms with Gasteiger partial charge in [0.2, 0.25) is 0 Å². The molecule has 0 aliphatic heterocycles. The van der Waals surface area contributed by atoms with Gasteiger partial charge in [0.05, 0.1) is 0 Å². The van der Waals surface area contributed by atoms with Gasteiger partial charge >= 0.3 is 8.80 Å². The highest BCUT2D eigenvalue weighted by molar-refractivity contribution is 6.61. The van der Waals surface area contributed by atoms with Crippen LogP contribution in [0.5, 0.6) is 0 Å². The summed E-state index contributed by atoms with van der Waals surface area (Å²) in [5.41, 5.74) is 1.10. The Kier molecular flexibility index (Phi) is 11.2. The summed E-state index contributed by atoms with van der Waals surface area (Å²) in [6.45, 7) is 17.0. The number of nitrogens with zero attached hydrogens (tertiary/aromatic N) is 2. The van der Waals surface area contributed by atoms with E-state index in [0.29, 0.717) is 26.0 Å². The summed E-state index contributed by atoms with van der Waals surface area (Å²) < 4.78 is 17.4. The maximum absolute atomic E-state index is 5.79. The van der Waals surface area contributed by atoms with Crippen LogP contribution in [0.3, 0.4) is 0 Å². The lowest BCUT2D eigenvalue weighted by Crippen LogP contribution is -2.50. The number of aliphatic imine (C=N–C) groups is 1. The Labute approximate surface area is 125 Å². The van der Waals surface area contributed by atoms with Gasteiger partial charge in [0.15, 0.2) is 0 Å². The van der Waals surface area contributed by atoms with Gasteiger partial charge in [-0.15, -0.1) is 0 Å². The molecule has 0 saturated carbocycles. The molecule has 0 aromatic heterocycles. The molecule has 0 atom stereocenters. The van der Waals surface area contributed by atoms with Crippen LogP contribution in [0, 0.1) is 0 Å². The van der Waals surface area contributed by atoms with Crippen LogP contribution in [0.1, 0.15) is 41.5 Å². The molecule has 0 saturated heterocycles. The molecule has 0 N–H and O–H groups in total. The maximum atomic E-state index is 5.79. The summed E-state index contributed by atoms with van der Waals surface area (Å²) in [7, 11) is -2.64. The van der Waals surface area contributed by atoms with Crippen LogP contribution >= 0.6 is 0 Å². The van der Waals surface area contributed by atoms with Gasteiger partial charge in [-0.2, -0.15) is 0 Å². The lowest BCUT2D eigenvalue weighted by atomic mass is 10.3. The summed E-state index contributed by atoms with van der Waals surface area (Å²) in [5, 5.41) is 0. The summed E-state index contributed by atoms with van der Waals surface area (Å²) in [5.74, 6) is 0. The fourth-order valence-corrected chi connectivity index (χ4v) is 4.28. The van der Waals surface area contributed by atoms with Crippen LogP contribution in [0.2, 0.25) is 0 Å². The largest absolute Gasteiger partial charge is 0.523 e. The average Bonchev–Trinajstić information content (AvgIpc) is 2.43. The van der Waals surface area contributed by atoms with Crippen molar-refractivity contribution in [3.8, 4) is 0 Å². The summed E-state index contributed by atoms with van der Waals surface area (Å²) in [4.78, 5) is 6.99. The van der Waals surface area contributed by atoms with Gasteiger partial charge in [-0.05, 0) is 40.8 Å². The highest BCUT2D eigenvalue weighted by Crippen LogP contribution is 2.11. The van der Waals surface area contributed by atoms with Gasteiger partial charge in [0, 0.05) is 32.1 Å². The SMILES string of the molecule is CCO[Si](CN=C(C)CN(CC)CC)(OCC)OCC. The number of rotatable bonds is 12. The first-order chi connectivity index (χ1) is 9.57. The lowest BCUT2D eigenvalue weighted by Gasteiger charge is -2.27. The zero-order valence-electron chi connectivity index (χ0n) is 14.1. The standard InChI is InChI=1S/C14H32N2O3Si/c1-7-16(8-2)12-14(6)15-13-20(17-9-3,18-10-4)19-11-5/h7-13H2,1-6H3. The van der Waals surface area contributed by atoms with E-state index in [1.165, 1.54) is 0 Å². The first kappa shape index (κ1) is 19.7. The third kappa shape index (κ3) is 7.49. The third-order valence-electron chi connectivity index (χ3n) is 2.98. The molecule has 0 aliphatic carbocycles. The van der Waals surface area contributed by atoms with E-state index in [-0.39, 0.29) is 0 Å². The van der Waals surface area contributed by atoms with Gasteiger partial charge in [0.1, 0.15) is 6.17 Å². The van der Waals surface area contributed by atoms with Crippen molar-refractivity contribution >= 4 is 14.5 Å². The second-order valence-corrected chi connectivity index (χ2v) is 7.04. The van der Waals surface area contributed by atoms with Crippen molar-refractivity contribution in [2.24, 2.45) is 4.99 Å². The topological polar surface area (TPSA) is 43.3 Å². The summed E-state index contributed by atoms with van der Waals surface area (Å²) in [6, 6.07) is 0. The minimum atomic E-state index is -2.64. The smallest absolute Gasteiger partial charge is 0.373 e. The maximum Gasteiger partial charge on any atom is 0.523 e. The van der Waals surface area contributed by atoms with Crippen molar-refractivity contribution < 1.29 is 13.3 Å². The van der Waals surface area contributed by atoms with Gasteiger partial charge in [-0.1, -0.05) is 13.8 Å². The first-order valence-corrected chi connectivity index (χ1v) is 9.64. The van der Waals surface area contributed by atoms with Crippen LogP contribution < -0.4 is 0 Å². The molecule has 0 aromatic rings. The van der Waals surface area contributed by atoms with E-state index in [4.69, 9.17) is 13.3 Å². The molecule has 120 valence electrons. The van der Waals surface area contributed by atoms with E-state index in [9.17, 15) is 0 Å². The van der Waals surface area contributed by atoms with Crippen molar-refractivity contribution in [2.45, 2.75) is 41.5 Å². The highest BCUT2D eigenvalue weighted by Gasteiger charge is 2.40. The van der Waals surface area contributed by atoms with Gasteiger partial charge in [0.25, 0.3) is 0 Å². The second kappa shape index (κ2) is 11.4. The van der Waals surface area contributed by atoms with Crippen LogP contribution in [-0.2, 0) is 13.3 Å². The fraction of sp³-hybridized carbons (Fsp3) is 0.929. The predicted molar refractivity (Wildman–Crippen MR) is 86.4 cm³/mol. The highest BCUT2D eigenvalue weighted by atomic mass is 28.4. The Balaban J connectivity index is 4.69. The molecule has 0 bridgehead atoms. The van der Waals surface area contributed by atoms with Crippen LogP contribution in [0.15, 0.2) is 4.99 Å². The molecule has 0 rings (SSSR count). The molecule has 0 aliphatic rings. The van der Waals surface area contributed by atoms with Crippen molar-refractivity contribution in [1.29, 1.82) is 0 Å². The van der Waals surface area contributed by atoms with Crippen molar-refractivity contribution in [3.63, 3.8) is 0 Å². The molecule has 6 heteroatoms. The van der Waals surface area contributed by atoms with Crippen LogP contribution in [0.4, 0.5) is 0 Å². The second-order valence-electron chi connectivity index (χ2n) is 4.49. The molecule has 20 heavy (non-hydrogen) atoms. The van der Waals surface area contributed by atoms with E-state index in [2.05, 4.69) is 30.7 Å². The molecule has 0 amide bonds. The monoisotopic (exact) mass is 304 g/mol. The van der Waals surface area contributed by atoms with E-state index in [1.807, 2.05) is 20.8 Å². The normalized spacial score (nSPS) is 13.2. The Hall–Kier alpha value is -0.273. The lowest BCUT2D eigenvalue weighted by molar-refractivity contribution is 0.0729. The molecular formula is C14H32N2O3Si. The van der Waals surface area contributed by atoms with Gasteiger partial charge < -0.3 is 13.3 Å². The molecule has 5 nitrogen and oxygen atoms in total. The van der Waals surface area contributed by atoms with E-state index in [1.54, 1.807) is 0 Å². The quantitative estimate of drug-likeness (QED) is 0.410. The third-order valence-corrected chi connectivity index (χ3v) is 5.71. The van der Waals surface area contributed by atoms with Crippen LogP contribution in [0.25, 0.3) is 0 Å². The van der Waals surface area contributed by atoms with Gasteiger partial charge in [-0.25, -0.2) is 0 Å². The van der Waals surface area contributed by atoms with Crippen molar-refractivity contribution in [3.05, 3.63) is 0 Å². The average molecular weight is 305 g/mol. The zero-order valence-corrected chi connectivity index (χ0v) is 15.1. The van der Waals surface area contributed by atoms with Gasteiger partial charge in [-0.3, -0.25) is 9.89 Å². The molecular weight excluding hydrogens is 272 g/mol. The molecule has 0 spiro atoms. The number of hydrogen-bond donors (Lipinski definition) is 0. The van der Waals surface area contributed by atoms with E-state index >= 15 is 0 Å². The van der Waals surface area contributed by atoms with Crippen molar-refractivity contribution in [1.82, 2.24) is 4.90 Å². The van der Waals surface area contributed by atoms with Crippen molar-refractivity contribution in [2.75, 3.05) is 45.6 Å². The van der Waals surface area contributed by atoms with E-state index in [0.717, 1.165) is 25.3 Å². The predicted octanol–water partition coefficient (Wildman–Crippen LogP) is 2.38. The zero-order chi connectivity index (χ0) is 15.4. The molecule has 0 radical (unpaired) electrons. The van der Waals surface area contributed by atoms with E-state index < -0.39 is 8.80 Å². The summed E-state index contributed by atoms with van der Waals surface area (Å²) >= 11 is 0. The Morgan fingerprint density at radius 1 is 0.900 bits per heavy atom. The molecule has 0 heterocycles. The van der Waals surface area contributed by atoms with Crippen LogP contribution in [-0.4, -0.2) is 65.0 Å². The Morgan fingerprint density at radius 2 is 1.35 bits per heavy atom. The Bertz CT molecular complexity index is 254. The molecule has 0 aromatic carbocycles. The number of hydrogen-bond acceptors (Lipinski definition) is 5. The summed E-state index contributed by atoms with van der Waals surface area (Å²) in [6.07, 6.45) is 0.510. The first-order valence-electron chi connectivity index (χ1n) is 7.71. The molecule has 0 fully saturated rings. The minimum Gasteiger partial charge on any atom is -0.373 e.